The minimum atomic E-state index is -1.11. The summed E-state index contributed by atoms with van der Waals surface area (Å²) in [6.45, 7) is 8.18. The molecule has 0 aliphatic carbocycles. The summed E-state index contributed by atoms with van der Waals surface area (Å²) in [5.41, 5.74) is 0.580. The number of benzene rings is 1. The summed E-state index contributed by atoms with van der Waals surface area (Å²) in [5.74, 6) is -2.59. The van der Waals surface area contributed by atoms with Gasteiger partial charge in [-0.25, -0.2) is 0 Å². The molecule has 198 valence electrons. The fraction of sp³-hybridized carbons (Fsp3) is 0.654. The van der Waals surface area contributed by atoms with Crippen molar-refractivity contribution in [3.63, 3.8) is 0 Å². The van der Waals surface area contributed by atoms with Crippen LogP contribution in [0.2, 0.25) is 0 Å². The van der Waals surface area contributed by atoms with E-state index < -0.39 is 35.6 Å². The summed E-state index contributed by atoms with van der Waals surface area (Å²) in [7, 11) is 0. The summed E-state index contributed by atoms with van der Waals surface area (Å²) in [4.78, 5) is 44.0. The number of alkyl halides is 1. The van der Waals surface area contributed by atoms with Gasteiger partial charge >= 0.3 is 5.97 Å². The summed E-state index contributed by atoms with van der Waals surface area (Å²) < 4.78 is 11.7. The van der Waals surface area contributed by atoms with Gasteiger partial charge in [-0.1, -0.05) is 15.9 Å². The first-order chi connectivity index (χ1) is 17.3. The molecule has 10 heteroatoms. The predicted octanol–water partition coefficient (Wildman–Crippen LogP) is 2.55. The first-order valence-electron chi connectivity index (χ1n) is 12.9. The van der Waals surface area contributed by atoms with Gasteiger partial charge in [0.25, 0.3) is 0 Å². The fourth-order valence-corrected chi connectivity index (χ4v) is 7.07. The average molecular weight is 566 g/mol. The smallest absolute Gasteiger partial charge is 0.312 e. The van der Waals surface area contributed by atoms with Crippen molar-refractivity contribution in [1.29, 1.82) is 0 Å². The number of nitrogens with zero attached hydrogens (tertiary/aromatic N) is 2. The molecule has 4 rings (SSSR count). The standard InChI is InChI=1S/C26H36BrN3O6/c1-4-29(5-2)17-11-9-16(10-12-17)28-23(32)22-26-15-18(27)21(36-26)19(25(34)35-6-3)20(26)24(33)30(22)13-7-8-14-31/h9-12,18-22,31H,4-8,13-15H2,1-3H3,(H,28,32)/t18?,19-,20+,21-,22-,26+/m1/s1. The molecule has 3 aliphatic rings. The van der Waals surface area contributed by atoms with E-state index in [1.165, 1.54) is 0 Å². The van der Waals surface area contributed by atoms with Crippen LogP contribution in [0, 0.1) is 11.8 Å². The van der Waals surface area contributed by atoms with Crippen LogP contribution in [0.25, 0.3) is 0 Å². The maximum Gasteiger partial charge on any atom is 0.312 e. The van der Waals surface area contributed by atoms with Crippen molar-refractivity contribution in [2.75, 3.05) is 43.1 Å². The molecule has 3 saturated heterocycles. The molecule has 2 bridgehead atoms. The molecule has 1 aromatic rings. The van der Waals surface area contributed by atoms with E-state index in [-0.39, 0.29) is 29.9 Å². The highest BCUT2D eigenvalue weighted by atomic mass is 79.9. The van der Waals surface area contributed by atoms with Gasteiger partial charge in [0.2, 0.25) is 11.8 Å². The van der Waals surface area contributed by atoms with Gasteiger partial charge in [-0.15, -0.1) is 0 Å². The molecule has 3 fully saturated rings. The first-order valence-corrected chi connectivity index (χ1v) is 13.8. The second kappa shape index (κ2) is 11.1. The number of fused-ring (bicyclic) bond motifs is 1. The van der Waals surface area contributed by atoms with Gasteiger partial charge < -0.3 is 29.7 Å². The van der Waals surface area contributed by atoms with Crippen LogP contribution in [0.1, 0.15) is 40.0 Å². The molecule has 3 aliphatic heterocycles. The highest BCUT2D eigenvalue weighted by Gasteiger charge is 2.76. The average Bonchev–Trinajstić information content (AvgIpc) is 3.45. The monoisotopic (exact) mass is 565 g/mol. The Morgan fingerprint density at radius 1 is 1.22 bits per heavy atom. The molecule has 9 nitrogen and oxygen atoms in total. The molecule has 2 amide bonds. The molecule has 2 N–H and O–H groups in total. The van der Waals surface area contributed by atoms with Gasteiger partial charge in [-0.3, -0.25) is 14.4 Å². The lowest BCUT2D eigenvalue weighted by Gasteiger charge is -2.34. The number of carbonyl (C=O) groups is 3. The van der Waals surface area contributed by atoms with Crippen LogP contribution in [0.4, 0.5) is 11.4 Å². The number of halogens is 1. The zero-order valence-corrected chi connectivity index (χ0v) is 22.7. The van der Waals surface area contributed by atoms with E-state index in [0.29, 0.717) is 31.5 Å². The van der Waals surface area contributed by atoms with E-state index >= 15 is 0 Å². The lowest BCUT2D eigenvalue weighted by atomic mass is 9.70. The Labute approximate surface area is 220 Å². The molecular weight excluding hydrogens is 530 g/mol. The largest absolute Gasteiger partial charge is 0.466 e. The zero-order valence-electron chi connectivity index (χ0n) is 21.1. The lowest BCUT2D eigenvalue weighted by Crippen LogP contribution is -2.54. The highest BCUT2D eigenvalue weighted by Crippen LogP contribution is 2.60. The molecule has 0 aromatic heterocycles. The van der Waals surface area contributed by atoms with Crippen LogP contribution in [0.15, 0.2) is 24.3 Å². The van der Waals surface area contributed by atoms with Crippen molar-refractivity contribution in [3.8, 4) is 0 Å². The Morgan fingerprint density at radius 3 is 2.53 bits per heavy atom. The van der Waals surface area contributed by atoms with Crippen molar-refractivity contribution in [2.45, 2.75) is 62.6 Å². The number of esters is 1. The predicted molar refractivity (Wildman–Crippen MR) is 139 cm³/mol. The number of ether oxygens (including phenoxy) is 2. The van der Waals surface area contributed by atoms with Gasteiger partial charge in [0, 0.05) is 42.4 Å². The van der Waals surface area contributed by atoms with Crippen molar-refractivity contribution in [2.24, 2.45) is 11.8 Å². The van der Waals surface area contributed by atoms with Gasteiger partial charge in [-0.2, -0.15) is 0 Å². The third-order valence-electron chi connectivity index (χ3n) is 7.67. The lowest BCUT2D eigenvalue weighted by molar-refractivity contribution is -0.154. The normalized spacial score (nSPS) is 30.4. The summed E-state index contributed by atoms with van der Waals surface area (Å²) >= 11 is 3.64. The van der Waals surface area contributed by atoms with Crippen LogP contribution >= 0.6 is 15.9 Å². The highest BCUT2D eigenvalue weighted by molar-refractivity contribution is 9.09. The zero-order chi connectivity index (χ0) is 26.0. The molecule has 3 heterocycles. The Balaban J connectivity index is 1.63. The number of amides is 2. The van der Waals surface area contributed by atoms with E-state index in [4.69, 9.17) is 9.47 Å². The number of hydrogen-bond acceptors (Lipinski definition) is 7. The third-order valence-corrected chi connectivity index (χ3v) is 8.51. The van der Waals surface area contributed by atoms with Crippen LogP contribution in [0.3, 0.4) is 0 Å². The van der Waals surface area contributed by atoms with Crippen LogP contribution < -0.4 is 10.2 Å². The Hall–Kier alpha value is -2.17. The maximum absolute atomic E-state index is 13.8. The van der Waals surface area contributed by atoms with Crippen molar-refractivity contribution in [1.82, 2.24) is 4.90 Å². The van der Waals surface area contributed by atoms with E-state index in [0.717, 1.165) is 18.8 Å². The molecule has 36 heavy (non-hydrogen) atoms. The number of aliphatic hydroxyl groups excluding tert-OH is 1. The number of anilines is 2. The third kappa shape index (κ3) is 4.52. The summed E-state index contributed by atoms with van der Waals surface area (Å²) in [6, 6.07) is 6.75. The van der Waals surface area contributed by atoms with Gasteiger partial charge in [-0.05, 0) is 64.3 Å². The number of carbonyl (C=O) groups excluding carboxylic acids is 3. The van der Waals surface area contributed by atoms with Crippen LogP contribution in [0.5, 0.6) is 0 Å². The van der Waals surface area contributed by atoms with Gasteiger partial charge in [0.1, 0.15) is 11.6 Å². The molecular formula is C26H36BrN3O6. The molecule has 0 radical (unpaired) electrons. The SMILES string of the molecule is CCOC(=O)[C@H]1[C@@H]2O[C@@]3(CC2Br)[C@@H]1C(=O)N(CCCCO)[C@@H]3C(=O)Nc1ccc(N(CC)CC)cc1. The summed E-state index contributed by atoms with van der Waals surface area (Å²) in [5, 5.41) is 12.3. The number of unbranched alkanes of at least 4 members (excludes halogenated alkanes) is 1. The molecule has 6 atom stereocenters. The molecule has 1 aromatic carbocycles. The van der Waals surface area contributed by atoms with E-state index in [1.807, 2.05) is 24.3 Å². The Bertz CT molecular complexity index is 971. The number of nitrogens with one attached hydrogen (secondary N) is 1. The second-order valence-corrected chi connectivity index (χ2v) is 10.8. The van der Waals surface area contributed by atoms with Gasteiger partial charge in [0.15, 0.2) is 0 Å². The number of aliphatic hydroxyl groups is 1. The van der Waals surface area contributed by atoms with Crippen LogP contribution in [-0.2, 0) is 23.9 Å². The Morgan fingerprint density at radius 2 is 1.92 bits per heavy atom. The first kappa shape index (κ1) is 26.9. The summed E-state index contributed by atoms with van der Waals surface area (Å²) in [6.07, 6.45) is 0.966. The van der Waals surface area contributed by atoms with Crippen molar-refractivity contribution < 1.29 is 29.0 Å². The molecule has 1 spiro atoms. The number of rotatable bonds is 11. The number of likely N-dealkylation sites (tertiary alicyclic amines) is 1. The van der Waals surface area contributed by atoms with Crippen molar-refractivity contribution in [3.05, 3.63) is 24.3 Å². The number of hydrogen-bond donors (Lipinski definition) is 2. The van der Waals surface area contributed by atoms with E-state index in [2.05, 4.69) is 40.0 Å². The topological polar surface area (TPSA) is 108 Å². The van der Waals surface area contributed by atoms with Crippen LogP contribution in [-0.4, -0.2) is 83.2 Å². The van der Waals surface area contributed by atoms with Crippen molar-refractivity contribution >= 4 is 45.1 Å². The fourth-order valence-electron chi connectivity index (χ4n) is 6.13. The second-order valence-electron chi connectivity index (χ2n) is 9.59. The minimum absolute atomic E-state index is 0.000148. The minimum Gasteiger partial charge on any atom is -0.466 e. The maximum atomic E-state index is 13.8. The molecule has 0 saturated carbocycles. The molecule has 1 unspecified atom stereocenters. The quantitative estimate of drug-likeness (QED) is 0.241. The van der Waals surface area contributed by atoms with E-state index in [1.54, 1.807) is 11.8 Å². The Kier molecular flexibility index (Phi) is 8.26. The van der Waals surface area contributed by atoms with E-state index in [9.17, 15) is 19.5 Å². The van der Waals surface area contributed by atoms with Gasteiger partial charge in [0.05, 0.1) is 24.5 Å².